The van der Waals surface area contributed by atoms with E-state index >= 15 is 0 Å². The van der Waals surface area contributed by atoms with Crippen molar-refractivity contribution in [3.8, 4) is 0 Å². The summed E-state index contributed by atoms with van der Waals surface area (Å²) in [7, 11) is 1.93. The topological polar surface area (TPSA) is 50.8 Å². The molecule has 1 heterocycles. The van der Waals surface area contributed by atoms with Gasteiger partial charge >= 0.3 is 0 Å². The van der Waals surface area contributed by atoms with E-state index < -0.39 is 0 Å². The highest BCUT2D eigenvalue weighted by Crippen LogP contribution is 1.97. The molecule has 2 N–H and O–H groups in total. The van der Waals surface area contributed by atoms with Crippen LogP contribution in [0.25, 0.3) is 0 Å². The van der Waals surface area contributed by atoms with Gasteiger partial charge < -0.3 is 4.74 Å². The lowest BCUT2D eigenvalue weighted by atomic mass is 10.6. The standard InChI is InChI=1S/C6H13N3O/c1-5-8-6(7)9(2)3-4-10-5/h6H,3-4,7H2,1-2H3. The Balaban J connectivity index is 2.59. The molecule has 1 aliphatic rings. The lowest BCUT2D eigenvalue weighted by molar-refractivity contribution is 0.217. The van der Waals surface area contributed by atoms with E-state index in [0.717, 1.165) is 6.54 Å². The molecule has 10 heavy (non-hydrogen) atoms. The van der Waals surface area contributed by atoms with Crippen LogP contribution in [0.15, 0.2) is 4.99 Å². The normalized spacial score (nSPS) is 28.7. The van der Waals surface area contributed by atoms with Crippen molar-refractivity contribution < 1.29 is 4.74 Å². The zero-order valence-electron chi connectivity index (χ0n) is 6.37. The predicted molar refractivity (Wildman–Crippen MR) is 39.7 cm³/mol. The van der Waals surface area contributed by atoms with Crippen molar-refractivity contribution in [1.29, 1.82) is 0 Å². The number of ether oxygens (including phenoxy) is 1. The van der Waals surface area contributed by atoms with Crippen LogP contribution in [0.4, 0.5) is 0 Å². The zero-order valence-corrected chi connectivity index (χ0v) is 6.37. The lowest BCUT2D eigenvalue weighted by Crippen LogP contribution is -2.38. The maximum Gasteiger partial charge on any atom is 0.182 e. The van der Waals surface area contributed by atoms with Crippen LogP contribution in [0.1, 0.15) is 6.92 Å². The van der Waals surface area contributed by atoms with E-state index in [-0.39, 0.29) is 6.29 Å². The molecule has 58 valence electrons. The minimum atomic E-state index is -0.234. The molecule has 1 unspecified atom stereocenters. The smallest absolute Gasteiger partial charge is 0.182 e. The van der Waals surface area contributed by atoms with Crippen molar-refractivity contribution in [1.82, 2.24) is 4.90 Å². The molecule has 0 aromatic rings. The number of rotatable bonds is 0. The van der Waals surface area contributed by atoms with E-state index in [4.69, 9.17) is 10.5 Å². The van der Waals surface area contributed by atoms with Crippen LogP contribution in [0.2, 0.25) is 0 Å². The Bertz CT molecular complexity index is 146. The molecular formula is C6H13N3O. The number of hydrogen-bond donors (Lipinski definition) is 1. The maximum absolute atomic E-state index is 5.63. The molecule has 0 aromatic carbocycles. The van der Waals surface area contributed by atoms with E-state index in [2.05, 4.69) is 4.99 Å². The fraction of sp³-hybridized carbons (Fsp3) is 0.833. The van der Waals surface area contributed by atoms with Crippen molar-refractivity contribution in [2.75, 3.05) is 20.2 Å². The van der Waals surface area contributed by atoms with Crippen LogP contribution < -0.4 is 5.73 Å². The van der Waals surface area contributed by atoms with Crippen LogP contribution >= 0.6 is 0 Å². The molecule has 0 radical (unpaired) electrons. The molecule has 0 saturated carbocycles. The summed E-state index contributed by atoms with van der Waals surface area (Å²) in [6, 6.07) is 0. The van der Waals surface area contributed by atoms with Crippen LogP contribution in [0.3, 0.4) is 0 Å². The molecule has 4 nitrogen and oxygen atoms in total. The Morgan fingerprint density at radius 2 is 2.50 bits per heavy atom. The monoisotopic (exact) mass is 143 g/mol. The summed E-state index contributed by atoms with van der Waals surface area (Å²) in [5.74, 6) is 0.678. The fourth-order valence-electron chi connectivity index (χ4n) is 0.792. The van der Waals surface area contributed by atoms with Gasteiger partial charge in [-0.05, 0) is 7.05 Å². The first-order chi connectivity index (χ1) is 4.70. The average Bonchev–Trinajstić information content (AvgIpc) is 1.96. The Morgan fingerprint density at radius 3 is 3.20 bits per heavy atom. The van der Waals surface area contributed by atoms with Crippen molar-refractivity contribution >= 4 is 5.90 Å². The van der Waals surface area contributed by atoms with Gasteiger partial charge in [-0.15, -0.1) is 0 Å². The summed E-state index contributed by atoms with van der Waals surface area (Å²) < 4.78 is 5.17. The molecule has 1 rings (SSSR count). The molecule has 0 spiro atoms. The molecule has 0 bridgehead atoms. The van der Waals surface area contributed by atoms with Crippen LogP contribution in [-0.4, -0.2) is 37.3 Å². The third-order valence-corrected chi connectivity index (χ3v) is 1.52. The quantitative estimate of drug-likeness (QED) is 0.502. The summed E-state index contributed by atoms with van der Waals surface area (Å²) in [4.78, 5) is 6.00. The molecule has 0 aliphatic carbocycles. The van der Waals surface area contributed by atoms with Gasteiger partial charge in [0.15, 0.2) is 12.2 Å². The van der Waals surface area contributed by atoms with Crippen molar-refractivity contribution in [3.63, 3.8) is 0 Å². The summed E-state index contributed by atoms with van der Waals surface area (Å²) in [5, 5.41) is 0. The van der Waals surface area contributed by atoms with Gasteiger partial charge in [-0.2, -0.15) is 0 Å². The van der Waals surface area contributed by atoms with E-state index in [1.165, 1.54) is 0 Å². The van der Waals surface area contributed by atoms with Gasteiger partial charge in [-0.25, -0.2) is 4.99 Å². The Hall–Kier alpha value is -0.610. The molecule has 0 saturated heterocycles. The van der Waals surface area contributed by atoms with Gasteiger partial charge in [0.05, 0.1) is 0 Å². The van der Waals surface area contributed by atoms with Gasteiger partial charge in [0.2, 0.25) is 0 Å². The first kappa shape index (κ1) is 7.50. The predicted octanol–water partition coefficient (Wildman–Crippen LogP) is -0.391. The van der Waals surface area contributed by atoms with E-state index in [1.807, 2.05) is 18.9 Å². The minimum absolute atomic E-state index is 0.234. The van der Waals surface area contributed by atoms with Gasteiger partial charge in [-0.3, -0.25) is 10.6 Å². The molecule has 4 heteroatoms. The second-order valence-corrected chi connectivity index (χ2v) is 2.39. The number of nitrogens with zero attached hydrogens (tertiary/aromatic N) is 2. The van der Waals surface area contributed by atoms with Crippen molar-refractivity contribution in [2.45, 2.75) is 13.2 Å². The molecule has 1 atom stereocenters. The van der Waals surface area contributed by atoms with Gasteiger partial charge in [0.1, 0.15) is 6.61 Å². The second-order valence-electron chi connectivity index (χ2n) is 2.39. The molecule has 1 aliphatic heterocycles. The zero-order chi connectivity index (χ0) is 7.56. The number of nitrogens with two attached hydrogens (primary N) is 1. The first-order valence-electron chi connectivity index (χ1n) is 3.33. The first-order valence-corrected chi connectivity index (χ1v) is 3.33. The summed E-state index contributed by atoms with van der Waals surface area (Å²) >= 11 is 0. The average molecular weight is 143 g/mol. The van der Waals surface area contributed by atoms with Gasteiger partial charge in [-0.1, -0.05) is 0 Å². The van der Waals surface area contributed by atoms with E-state index in [0.29, 0.717) is 12.5 Å². The fourth-order valence-corrected chi connectivity index (χ4v) is 0.792. The maximum atomic E-state index is 5.63. The van der Waals surface area contributed by atoms with E-state index in [1.54, 1.807) is 0 Å². The SMILES string of the molecule is CC1=NC(N)N(C)CCO1. The highest BCUT2D eigenvalue weighted by atomic mass is 16.5. The highest BCUT2D eigenvalue weighted by molar-refractivity contribution is 5.73. The largest absolute Gasteiger partial charge is 0.480 e. The van der Waals surface area contributed by atoms with Crippen molar-refractivity contribution in [2.24, 2.45) is 10.7 Å². The third kappa shape index (κ3) is 1.68. The van der Waals surface area contributed by atoms with Crippen LogP contribution in [0, 0.1) is 0 Å². The second kappa shape index (κ2) is 2.98. The lowest BCUT2D eigenvalue weighted by Gasteiger charge is -2.16. The van der Waals surface area contributed by atoms with E-state index in [9.17, 15) is 0 Å². The molecular weight excluding hydrogens is 130 g/mol. The Labute approximate surface area is 60.7 Å². The third-order valence-electron chi connectivity index (χ3n) is 1.52. The van der Waals surface area contributed by atoms with Gasteiger partial charge in [0, 0.05) is 13.5 Å². The summed E-state index contributed by atoms with van der Waals surface area (Å²) in [6.07, 6.45) is -0.234. The minimum Gasteiger partial charge on any atom is -0.480 e. The molecule has 0 amide bonds. The Morgan fingerprint density at radius 1 is 1.80 bits per heavy atom. The Kier molecular flexibility index (Phi) is 2.24. The number of hydrogen-bond acceptors (Lipinski definition) is 4. The number of likely N-dealkylation sites (N-methyl/N-ethyl adjacent to an activating group) is 1. The highest BCUT2D eigenvalue weighted by Gasteiger charge is 2.11. The van der Waals surface area contributed by atoms with Gasteiger partial charge in [0.25, 0.3) is 0 Å². The van der Waals surface area contributed by atoms with Crippen LogP contribution in [0.5, 0.6) is 0 Å². The summed E-state index contributed by atoms with van der Waals surface area (Å²) in [5.41, 5.74) is 5.63. The van der Waals surface area contributed by atoms with Crippen molar-refractivity contribution in [3.05, 3.63) is 0 Å². The van der Waals surface area contributed by atoms with Crippen LogP contribution in [-0.2, 0) is 4.74 Å². The molecule has 0 aromatic heterocycles. The molecule has 0 fully saturated rings. The summed E-state index contributed by atoms with van der Waals surface area (Å²) in [6.45, 7) is 3.33. The number of aliphatic imine (C=N–C) groups is 1.